The monoisotopic (exact) mass is 338 g/mol. The maximum atomic E-state index is 13.0. The molecule has 0 aromatic heterocycles. The van der Waals surface area contributed by atoms with Crippen LogP contribution in [0.25, 0.3) is 0 Å². The number of hydrogen-bond acceptors (Lipinski definition) is 2. The van der Waals surface area contributed by atoms with Crippen molar-refractivity contribution in [1.29, 1.82) is 0 Å². The standard InChI is InChI=1S/C10H9BrClFN2O3/c1-15(4-8(16)17)10(18)14-9-6(11)2-5(13)3-7(9)12/h2-3H,4H2,1H3,(H,14,18)(H,16,17). The summed E-state index contributed by atoms with van der Waals surface area (Å²) in [5.74, 6) is -1.69. The molecule has 0 bridgehead atoms. The average Bonchev–Trinajstić information content (AvgIpc) is 2.21. The molecule has 8 heteroatoms. The zero-order chi connectivity index (χ0) is 13.9. The minimum Gasteiger partial charge on any atom is -0.480 e. The first-order valence-electron chi connectivity index (χ1n) is 4.69. The Balaban J connectivity index is 2.85. The number of aliphatic carboxylic acids is 1. The van der Waals surface area contributed by atoms with Crippen molar-refractivity contribution in [3.05, 3.63) is 27.4 Å². The summed E-state index contributed by atoms with van der Waals surface area (Å²) < 4.78 is 13.2. The van der Waals surface area contributed by atoms with Crippen LogP contribution in [0.1, 0.15) is 0 Å². The summed E-state index contributed by atoms with van der Waals surface area (Å²) in [7, 11) is 1.31. The average molecular weight is 340 g/mol. The summed E-state index contributed by atoms with van der Waals surface area (Å²) >= 11 is 8.82. The molecule has 2 amide bonds. The number of likely N-dealkylation sites (N-methyl/N-ethyl adjacent to an activating group) is 1. The quantitative estimate of drug-likeness (QED) is 0.889. The molecule has 0 heterocycles. The summed E-state index contributed by atoms with van der Waals surface area (Å²) in [4.78, 5) is 23.0. The van der Waals surface area contributed by atoms with Crippen molar-refractivity contribution in [3.8, 4) is 0 Å². The van der Waals surface area contributed by atoms with Gasteiger partial charge in [-0.1, -0.05) is 11.6 Å². The zero-order valence-corrected chi connectivity index (χ0v) is 11.5. The van der Waals surface area contributed by atoms with E-state index in [9.17, 15) is 14.0 Å². The number of halogens is 3. The minimum absolute atomic E-state index is 0.0129. The maximum Gasteiger partial charge on any atom is 0.323 e. The Morgan fingerprint density at radius 2 is 2.17 bits per heavy atom. The lowest BCUT2D eigenvalue weighted by atomic mass is 10.3. The lowest BCUT2D eigenvalue weighted by molar-refractivity contribution is -0.137. The Morgan fingerprint density at radius 1 is 1.56 bits per heavy atom. The predicted octanol–water partition coefficient (Wildman–Crippen LogP) is 2.79. The molecule has 0 saturated carbocycles. The molecule has 0 aliphatic carbocycles. The first kappa shape index (κ1) is 14.7. The van der Waals surface area contributed by atoms with Crippen molar-refractivity contribution < 1.29 is 19.1 Å². The van der Waals surface area contributed by atoms with Crippen molar-refractivity contribution in [2.24, 2.45) is 0 Å². The van der Waals surface area contributed by atoms with E-state index in [0.717, 1.165) is 17.0 Å². The Hall–Kier alpha value is -1.34. The smallest absolute Gasteiger partial charge is 0.323 e. The van der Waals surface area contributed by atoms with Crippen LogP contribution in [0.15, 0.2) is 16.6 Å². The molecule has 98 valence electrons. The van der Waals surface area contributed by atoms with Crippen LogP contribution >= 0.6 is 27.5 Å². The van der Waals surface area contributed by atoms with Gasteiger partial charge in [0.15, 0.2) is 0 Å². The number of rotatable bonds is 3. The topological polar surface area (TPSA) is 69.6 Å². The van der Waals surface area contributed by atoms with E-state index in [2.05, 4.69) is 21.2 Å². The van der Waals surface area contributed by atoms with E-state index in [1.54, 1.807) is 0 Å². The molecule has 1 aromatic carbocycles. The third-order valence-corrected chi connectivity index (χ3v) is 2.88. The summed E-state index contributed by atoms with van der Waals surface area (Å²) in [6.07, 6.45) is 0. The molecule has 1 rings (SSSR count). The van der Waals surface area contributed by atoms with E-state index < -0.39 is 24.4 Å². The molecule has 0 unspecified atom stereocenters. The summed E-state index contributed by atoms with van der Waals surface area (Å²) in [6.45, 7) is -0.456. The summed E-state index contributed by atoms with van der Waals surface area (Å²) in [5.41, 5.74) is 0.181. The largest absolute Gasteiger partial charge is 0.480 e. The highest BCUT2D eigenvalue weighted by Crippen LogP contribution is 2.31. The number of hydrogen-bond donors (Lipinski definition) is 2. The van der Waals surface area contributed by atoms with Crippen molar-refractivity contribution in [1.82, 2.24) is 4.90 Å². The first-order valence-corrected chi connectivity index (χ1v) is 5.87. The molecule has 0 aliphatic rings. The van der Waals surface area contributed by atoms with Crippen molar-refractivity contribution in [3.63, 3.8) is 0 Å². The normalized spacial score (nSPS) is 10.0. The number of amides is 2. The van der Waals surface area contributed by atoms with E-state index in [1.807, 2.05) is 0 Å². The number of carbonyl (C=O) groups excluding carboxylic acids is 1. The van der Waals surface area contributed by atoms with Crippen LogP contribution in [0, 0.1) is 5.82 Å². The summed E-state index contributed by atoms with van der Waals surface area (Å²) in [6, 6.07) is 1.52. The molecule has 2 N–H and O–H groups in total. The van der Waals surface area contributed by atoms with Gasteiger partial charge in [0, 0.05) is 11.5 Å². The highest BCUT2D eigenvalue weighted by atomic mass is 79.9. The summed E-state index contributed by atoms with van der Waals surface area (Å²) in [5, 5.41) is 10.9. The Morgan fingerprint density at radius 3 is 2.67 bits per heavy atom. The van der Waals surface area contributed by atoms with Gasteiger partial charge in [0.1, 0.15) is 12.4 Å². The Bertz CT molecular complexity index is 475. The molecule has 0 fully saturated rings. The third-order valence-electron chi connectivity index (χ3n) is 1.96. The van der Waals surface area contributed by atoms with Crippen LogP contribution in [0.5, 0.6) is 0 Å². The van der Waals surface area contributed by atoms with Crippen LogP contribution < -0.4 is 5.32 Å². The fourth-order valence-electron chi connectivity index (χ4n) is 1.14. The van der Waals surface area contributed by atoms with Gasteiger partial charge in [0.05, 0.1) is 10.7 Å². The lowest BCUT2D eigenvalue weighted by Gasteiger charge is -2.17. The third kappa shape index (κ3) is 3.85. The van der Waals surface area contributed by atoms with Gasteiger partial charge in [-0.25, -0.2) is 9.18 Å². The van der Waals surface area contributed by atoms with Crippen LogP contribution in [0.4, 0.5) is 14.9 Å². The number of carbonyl (C=O) groups is 2. The number of carboxylic acid groups (broad SMARTS) is 1. The molecule has 0 aliphatic heterocycles. The Kier molecular flexibility index (Phi) is 4.92. The van der Waals surface area contributed by atoms with Crippen LogP contribution in [0.2, 0.25) is 5.02 Å². The molecule has 0 atom stereocenters. The van der Waals surface area contributed by atoms with Crippen LogP contribution in [-0.4, -0.2) is 35.6 Å². The number of carboxylic acids is 1. The van der Waals surface area contributed by atoms with E-state index in [0.29, 0.717) is 0 Å². The van der Waals surface area contributed by atoms with Gasteiger partial charge in [-0.15, -0.1) is 0 Å². The molecule has 0 radical (unpaired) electrons. The second-order valence-electron chi connectivity index (χ2n) is 3.42. The van der Waals surface area contributed by atoms with Crippen LogP contribution in [-0.2, 0) is 4.79 Å². The predicted molar refractivity (Wildman–Crippen MR) is 68.4 cm³/mol. The number of urea groups is 1. The minimum atomic E-state index is -1.14. The van der Waals surface area contributed by atoms with Crippen LogP contribution in [0.3, 0.4) is 0 Å². The van der Waals surface area contributed by atoms with E-state index in [-0.39, 0.29) is 15.2 Å². The number of nitrogens with one attached hydrogen (secondary N) is 1. The fraction of sp³-hybridized carbons (Fsp3) is 0.200. The molecule has 0 spiro atoms. The number of anilines is 1. The zero-order valence-electron chi connectivity index (χ0n) is 9.21. The molecular weight excluding hydrogens is 330 g/mol. The van der Waals surface area contributed by atoms with E-state index >= 15 is 0 Å². The van der Waals surface area contributed by atoms with Crippen molar-refractivity contribution in [2.45, 2.75) is 0 Å². The van der Waals surface area contributed by atoms with E-state index in [1.165, 1.54) is 7.05 Å². The lowest BCUT2D eigenvalue weighted by Crippen LogP contribution is -2.35. The first-order chi connectivity index (χ1) is 8.31. The van der Waals surface area contributed by atoms with Gasteiger partial charge < -0.3 is 15.3 Å². The van der Waals surface area contributed by atoms with Gasteiger partial charge in [0.2, 0.25) is 0 Å². The van der Waals surface area contributed by atoms with E-state index in [4.69, 9.17) is 16.7 Å². The van der Waals surface area contributed by atoms with Gasteiger partial charge in [-0.05, 0) is 28.1 Å². The van der Waals surface area contributed by atoms with Gasteiger partial charge in [-0.2, -0.15) is 0 Å². The molecule has 1 aromatic rings. The van der Waals surface area contributed by atoms with Gasteiger partial charge in [-0.3, -0.25) is 4.79 Å². The van der Waals surface area contributed by atoms with Gasteiger partial charge in [0.25, 0.3) is 0 Å². The molecule has 5 nitrogen and oxygen atoms in total. The molecule has 0 saturated heterocycles. The maximum absolute atomic E-state index is 13.0. The SMILES string of the molecule is CN(CC(=O)O)C(=O)Nc1c(Cl)cc(F)cc1Br. The number of benzene rings is 1. The molecule has 18 heavy (non-hydrogen) atoms. The van der Waals surface area contributed by atoms with Crippen molar-refractivity contribution in [2.75, 3.05) is 18.9 Å². The Labute approximate surface area is 116 Å². The highest BCUT2D eigenvalue weighted by molar-refractivity contribution is 9.10. The highest BCUT2D eigenvalue weighted by Gasteiger charge is 2.16. The fourth-order valence-corrected chi connectivity index (χ4v) is 2.04. The molecular formula is C10H9BrClFN2O3. The second kappa shape index (κ2) is 6.01. The second-order valence-corrected chi connectivity index (χ2v) is 4.69. The van der Waals surface area contributed by atoms with Gasteiger partial charge >= 0.3 is 12.0 Å². The van der Waals surface area contributed by atoms with Crippen molar-refractivity contribution >= 4 is 45.2 Å². The number of nitrogens with zero attached hydrogens (tertiary/aromatic N) is 1.